The van der Waals surface area contributed by atoms with Gasteiger partial charge in [0.15, 0.2) is 5.82 Å². The van der Waals surface area contributed by atoms with E-state index in [0.717, 1.165) is 33.8 Å². The van der Waals surface area contributed by atoms with Gasteiger partial charge in [0.05, 0.1) is 29.3 Å². The van der Waals surface area contributed by atoms with Crippen molar-refractivity contribution in [1.29, 1.82) is 0 Å². The molecular weight excluding hydrogens is 398 g/mol. The Bertz CT molecular complexity index is 1280. The zero-order chi connectivity index (χ0) is 21.3. The SMILES string of the molecule is CCCOc1ccc(SC)cc1-c1cn(C)c(=O)c2cnc(-c3cnn(C)c3)nc12. The van der Waals surface area contributed by atoms with Crippen LogP contribution in [0.2, 0.25) is 0 Å². The van der Waals surface area contributed by atoms with Crippen molar-refractivity contribution in [1.82, 2.24) is 24.3 Å². The molecule has 0 amide bonds. The maximum absolute atomic E-state index is 12.8. The molecule has 0 saturated carbocycles. The largest absolute Gasteiger partial charge is 0.493 e. The van der Waals surface area contributed by atoms with E-state index in [2.05, 4.69) is 23.1 Å². The summed E-state index contributed by atoms with van der Waals surface area (Å²) in [5.74, 6) is 1.30. The van der Waals surface area contributed by atoms with Gasteiger partial charge in [0.2, 0.25) is 0 Å². The van der Waals surface area contributed by atoms with Gasteiger partial charge in [-0.1, -0.05) is 6.92 Å². The number of fused-ring (bicyclic) bond motifs is 1. The Morgan fingerprint density at radius 3 is 2.67 bits per heavy atom. The van der Waals surface area contributed by atoms with Crippen LogP contribution in [0.3, 0.4) is 0 Å². The van der Waals surface area contributed by atoms with Crippen LogP contribution in [0.5, 0.6) is 5.75 Å². The molecule has 0 aliphatic carbocycles. The highest BCUT2D eigenvalue weighted by Gasteiger charge is 2.17. The average Bonchev–Trinajstić information content (AvgIpc) is 3.20. The van der Waals surface area contributed by atoms with E-state index in [0.29, 0.717) is 23.3 Å². The molecule has 4 rings (SSSR count). The minimum Gasteiger partial charge on any atom is -0.493 e. The Hall–Kier alpha value is -3.13. The smallest absolute Gasteiger partial charge is 0.261 e. The van der Waals surface area contributed by atoms with Crippen molar-refractivity contribution in [2.45, 2.75) is 18.2 Å². The van der Waals surface area contributed by atoms with Crippen molar-refractivity contribution in [2.75, 3.05) is 12.9 Å². The van der Waals surface area contributed by atoms with Gasteiger partial charge in [0.1, 0.15) is 5.75 Å². The summed E-state index contributed by atoms with van der Waals surface area (Å²) in [6.45, 7) is 2.69. The van der Waals surface area contributed by atoms with Crippen LogP contribution in [-0.2, 0) is 14.1 Å². The molecule has 0 atom stereocenters. The zero-order valence-electron chi connectivity index (χ0n) is 17.4. The third kappa shape index (κ3) is 3.70. The van der Waals surface area contributed by atoms with Gasteiger partial charge in [-0.25, -0.2) is 9.97 Å². The number of ether oxygens (including phenoxy) is 1. The van der Waals surface area contributed by atoms with Crippen LogP contribution < -0.4 is 10.3 Å². The summed E-state index contributed by atoms with van der Waals surface area (Å²) < 4.78 is 9.29. The zero-order valence-corrected chi connectivity index (χ0v) is 18.2. The molecular formula is C22H23N5O2S. The lowest BCUT2D eigenvalue weighted by atomic mass is 10.0. The Kier molecular flexibility index (Phi) is 5.59. The normalized spacial score (nSPS) is 11.2. The number of pyridine rings is 1. The number of aromatic nitrogens is 5. The lowest BCUT2D eigenvalue weighted by Gasteiger charge is -2.15. The van der Waals surface area contributed by atoms with E-state index in [1.54, 1.807) is 40.5 Å². The number of nitrogens with zero attached hydrogens (tertiary/aromatic N) is 5. The molecule has 8 heteroatoms. The van der Waals surface area contributed by atoms with Gasteiger partial charge in [-0.05, 0) is 30.9 Å². The van der Waals surface area contributed by atoms with E-state index in [-0.39, 0.29) is 5.56 Å². The second-order valence-corrected chi connectivity index (χ2v) is 7.91. The molecule has 0 aliphatic heterocycles. The number of aryl methyl sites for hydroxylation is 2. The molecule has 0 unspecified atom stereocenters. The molecule has 0 spiro atoms. The van der Waals surface area contributed by atoms with Crippen molar-refractivity contribution in [3.8, 4) is 28.3 Å². The average molecular weight is 422 g/mol. The standard InChI is InChI=1S/C22H23N5O2S/c1-5-8-29-19-7-6-15(30-4)9-16(19)18-13-26(2)22(28)17-11-23-21(25-20(17)18)14-10-24-27(3)12-14/h6-7,9-13H,5,8H2,1-4H3. The Morgan fingerprint density at radius 1 is 1.13 bits per heavy atom. The lowest BCUT2D eigenvalue weighted by molar-refractivity contribution is 0.318. The first-order chi connectivity index (χ1) is 14.5. The van der Waals surface area contributed by atoms with Gasteiger partial charge >= 0.3 is 0 Å². The molecule has 0 bridgehead atoms. The van der Waals surface area contributed by atoms with Crippen molar-refractivity contribution in [3.63, 3.8) is 0 Å². The van der Waals surface area contributed by atoms with E-state index in [9.17, 15) is 4.79 Å². The van der Waals surface area contributed by atoms with Crippen LogP contribution in [0, 0.1) is 0 Å². The third-order valence-corrected chi connectivity index (χ3v) is 5.54. The van der Waals surface area contributed by atoms with Crippen LogP contribution in [0.1, 0.15) is 13.3 Å². The summed E-state index contributed by atoms with van der Waals surface area (Å²) in [5, 5.41) is 4.67. The molecule has 0 N–H and O–H groups in total. The van der Waals surface area contributed by atoms with Crippen LogP contribution >= 0.6 is 11.8 Å². The van der Waals surface area contributed by atoms with Gasteiger partial charge in [0, 0.05) is 48.7 Å². The summed E-state index contributed by atoms with van der Waals surface area (Å²) in [5.41, 5.74) is 3.01. The molecule has 3 heterocycles. The second-order valence-electron chi connectivity index (χ2n) is 7.03. The van der Waals surface area contributed by atoms with Gasteiger partial charge in [0.25, 0.3) is 5.56 Å². The van der Waals surface area contributed by atoms with Crippen molar-refractivity contribution in [2.24, 2.45) is 14.1 Å². The molecule has 30 heavy (non-hydrogen) atoms. The van der Waals surface area contributed by atoms with Crippen LogP contribution in [0.25, 0.3) is 33.4 Å². The van der Waals surface area contributed by atoms with Crippen LogP contribution in [0.4, 0.5) is 0 Å². The maximum atomic E-state index is 12.8. The van der Waals surface area contributed by atoms with Gasteiger partial charge in [-0.15, -0.1) is 11.8 Å². The number of benzene rings is 1. The summed E-state index contributed by atoms with van der Waals surface area (Å²) in [6.07, 6.45) is 9.93. The molecule has 4 aromatic rings. The predicted molar refractivity (Wildman–Crippen MR) is 120 cm³/mol. The molecule has 0 saturated heterocycles. The van der Waals surface area contributed by atoms with Crippen molar-refractivity contribution < 1.29 is 4.74 Å². The Morgan fingerprint density at radius 2 is 1.97 bits per heavy atom. The maximum Gasteiger partial charge on any atom is 0.261 e. The highest BCUT2D eigenvalue weighted by atomic mass is 32.2. The first-order valence-electron chi connectivity index (χ1n) is 9.68. The Labute approximate surface area is 178 Å². The summed E-state index contributed by atoms with van der Waals surface area (Å²) in [7, 11) is 3.59. The van der Waals surface area contributed by atoms with Gasteiger partial charge < -0.3 is 9.30 Å². The topological polar surface area (TPSA) is 74.8 Å². The van der Waals surface area contributed by atoms with E-state index in [1.807, 2.05) is 37.8 Å². The molecule has 7 nitrogen and oxygen atoms in total. The summed E-state index contributed by atoms with van der Waals surface area (Å²) >= 11 is 1.66. The predicted octanol–water partition coefficient (Wildman–Crippen LogP) is 3.91. The summed E-state index contributed by atoms with van der Waals surface area (Å²) in [4.78, 5) is 23.1. The Balaban J connectivity index is 2.00. The highest BCUT2D eigenvalue weighted by molar-refractivity contribution is 7.98. The molecule has 0 aliphatic rings. The molecule has 3 aromatic heterocycles. The van der Waals surface area contributed by atoms with E-state index < -0.39 is 0 Å². The highest BCUT2D eigenvalue weighted by Crippen LogP contribution is 2.36. The van der Waals surface area contributed by atoms with E-state index in [1.165, 1.54) is 0 Å². The molecule has 0 radical (unpaired) electrons. The van der Waals surface area contributed by atoms with E-state index in [4.69, 9.17) is 9.72 Å². The monoisotopic (exact) mass is 421 g/mol. The molecule has 0 fully saturated rings. The number of thioether (sulfide) groups is 1. The van der Waals surface area contributed by atoms with Crippen molar-refractivity contribution in [3.05, 3.63) is 53.3 Å². The molecule has 1 aromatic carbocycles. The van der Waals surface area contributed by atoms with Gasteiger partial charge in [-0.3, -0.25) is 9.48 Å². The summed E-state index contributed by atoms with van der Waals surface area (Å²) in [6, 6.07) is 6.11. The van der Waals surface area contributed by atoms with Crippen molar-refractivity contribution >= 4 is 22.7 Å². The minimum absolute atomic E-state index is 0.136. The lowest BCUT2D eigenvalue weighted by Crippen LogP contribution is -2.17. The first kappa shape index (κ1) is 20.2. The fraction of sp³-hybridized carbons (Fsp3) is 0.273. The fourth-order valence-electron chi connectivity index (χ4n) is 3.30. The number of hydrogen-bond acceptors (Lipinski definition) is 6. The first-order valence-corrected chi connectivity index (χ1v) is 10.9. The minimum atomic E-state index is -0.136. The number of hydrogen-bond donors (Lipinski definition) is 0. The van der Waals surface area contributed by atoms with Crippen LogP contribution in [-0.4, -0.2) is 37.2 Å². The van der Waals surface area contributed by atoms with Crippen LogP contribution in [0.15, 0.2) is 52.7 Å². The molecule has 154 valence electrons. The quantitative estimate of drug-likeness (QED) is 0.440. The van der Waals surface area contributed by atoms with Gasteiger partial charge in [-0.2, -0.15) is 5.10 Å². The fourth-order valence-corrected chi connectivity index (χ4v) is 3.74. The van der Waals surface area contributed by atoms with E-state index >= 15 is 0 Å². The second kappa shape index (κ2) is 8.31. The number of rotatable bonds is 6. The third-order valence-electron chi connectivity index (χ3n) is 4.82.